The number of nitrogen functional groups attached to an aromatic ring is 1. The standard InChI is InChI=1S/C14H19FN4O2/c1-21-8-7-19(6-2-5-16)10-14(20)18-13-9-11(17)3-4-12(13)15/h3-4,9H,2,6-8,10,17H2,1H3,(H,18,20). The average molecular weight is 294 g/mol. The Hall–Kier alpha value is -2.17. The molecule has 0 unspecified atom stereocenters. The number of nitrogens with one attached hydrogen (secondary N) is 1. The van der Waals surface area contributed by atoms with Gasteiger partial charge in [0.15, 0.2) is 0 Å². The van der Waals surface area contributed by atoms with E-state index in [2.05, 4.69) is 5.32 Å². The third-order valence-electron chi connectivity index (χ3n) is 2.78. The Balaban J connectivity index is 2.60. The molecule has 0 aromatic heterocycles. The number of hydrogen-bond acceptors (Lipinski definition) is 5. The van der Waals surface area contributed by atoms with Gasteiger partial charge in [-0.15, -0.1) is 0 Å². The number of ether oxygens (including phenoxy) is 1. The van der Waals surface area contributed by atoms with Crippen LogP contribution in [0.25, 0.3) is 0 Å². The second kappa shape index (κ2) is 8.89. The molecule has 1 aromatic rings. The van der Waals surface area contributed by atoms with Crippen LogP contribution in [0.2, 0.25) is 0 Å². The first-order valence-corrected chi connectivity index (χ1v) is 6.50. The van der Waals surface area contributed by atoms with E-state index in [-0.39, 0.29) is 18.1 Å². The van der Waals surface area contributed by atoms with Crippen LogP contribution >= 0.6 is 0 Å². The average Bonchev–Trinajstić information content (AvgIpc) is 2.45. The summed E-state index contributed by atoms with van der Waals surface area (Å²) in [5, 5.41) is 11.1. The number of hydrogen-bond donors (Lipinski definition) is 2. The summed E-state index contributed by atoms with van der Waals surface area (Å²) in [7, 11) is 1.56. The Morgan fingerprint density at radius 2 is 2.29 bits per heavy atom. The highest BCUT2D eigenvalue weighted by Crippen LogP contribution is 2.17. The second-order valence-corrected chi connectivity index (χ2v) is 4.46. The molecule has 6 nitrogen and oxygen atoms in total. The number of amides is 1. The van der Waals surface area contributed by atoms with Gasteiger partial charge < -0.3 is 15.8 Å². The number of nitrogens with two attached hydrogens (primary N) is 1. The summed E-state index contributed by atoms with van der Waals surface area (Å²) >= 11 is 0. The number of carbonyl (C=O) groups excluding carboxylic acids is 1. The predicted octanol–water partition coefficient (Wildman–Crippen LogP) is 1.21. The van der Waals surface area contributed by atoms with Crippen LogP contribution in [-0.2, 0) is 9.53 Å². The van der Waals surface area contributed by atoms with Gasteiger partial charge in [-0.3, -0.25) is 9.69 Å². The van der Waals surface area contributed by atoms with E-state index in [1.807, 2.05) is 6.07 Å². The molecule has 21 heavy (non-hydrogen) atoms. The van der Waals surface area contributed by atoms with Gasteiger partial charge in [-0.1, -0.05) is 0 Å². The summed E-state index contributed by atoms with van der Waals surface area (Å²) in [5.41, 5.74) is 5.97. The number of halogens is 1. The SMILES string of the molecule is COCCN(CCC#N)CC(=O)Nc1cc(N)ccc1F. The van der Waals surface area contributed by atoms with E-state index >= 15 is 0 Å². The molecule has 0 aliphatic heterocycles. The van der Waals surface area contributed by atoms with Crippen molar-refractivity contribution in [3.63, 3.8) is 0 Å². The highest BCUT2D eigenvalue weighted by molar-refractivity contribution is 5.92. The first-order valence-electron chi connectivity index (χ1n) is 6.50. The minimum Gasteiger partial charge on any atom is -0.399 e. The minimum absolute atomic E-state index is 0.0481. The topological polar surface area (TPSA) is 91.4 Å². The molecule has 0 radical (unpaired) electrons. The molecule has 1 amide bonds. The largest absolute Gasteiger partial charge is 0.399 e. The summed E-state index contributed by atoms with van der Waals surface area (Å²) in [4.78, 5) is 13.7. The van der Waals surface area contributed by atoms with Gasteiger partial charge in [0, 0.05) is 32.3 Å². The zero-order chi connectivity index (χ0) is 15.7. The first-order chi connectivity index (χ1) is 10.1. The molecule has 0 aliphatic carbocycles. The highest BCUT2D eigenvalue weighted by Gasteiger charge is 2.12. The normalized spacial score (nSPS) is 10.4. The monoisotopic (exact) mass is 294 g/mol. The van der Waals surface area contributed by atoms with Gasteiger partial charge in [0.25, 0.3) is 0 Å². The maximum Gasteiger partial charge on any atom is 0.238 e. The number of methoxy groups -OCH3 is 1. The van der Waals surface area contributed by atoms with E-state index in [0.717, 1.165) is 0 Å². The van der Waals surface area contributed by atoms with E-state index in [0.29, 0.717) is 31.8 Å². The molecule has 1 aromatic carbocycles. The molecule has 0 saturated heterocycles. The van der Waals surface area contributed by atoms with E-state index in [1.165, 1.54) is 18.2 Å². The van der Waals surface area contributed by atoms with Crippen LogP contribution in [0.15, 0.2) is 18.2 Å². The smallest absolute Gasteiger partial charge is 0.238 e. The second-order valence-electron chi connectivity index (χ2n) is 4.46. The fourth-order valence-corrected chi connectivity index (χ4v) is 1.73. The third-order valence-corrected chi connectivity index (χ3v) is 2.78. The molecule has 7 heteroatoms. The van der Waals surface area contributed by atoms with Gasteiger partial charge in [-0.05, 0) is 18.2 Å². The zero-order valence-electron chi connectivity index (χ0n) is 11.9. The van der Waals surface area contributed by atoms with Crippen LogP contribution < -0.4 is 11.1 Å². The third kappa shape index (κ3) is 6.21. The van der Waals surface area contributed by atoms with Crippen molar-refractivity contribution in [2.24, 2.45) is 0 Å². The van der Waals surface area contributed by atoms with Crippen LogP contribution in [0.1, 0.15) is 6.42 Å². The van der Waals surface area contributed by atoms with Crippen molar-refractivity contribution in [2.45, 2.75) is 6.42 Å². The van der Waals surface area contributed by atoms with E-state index in [9.17, 15) is 9.18 Å². The van der Waals surface area contributed by atoms with Crippen LogP contribution in [0.4, 0.5) is 15.8 Å². The van der Waals surface area contributed by atoms with Crippen LogP contribution in [-0.4, -0.2) is 44.2 Å². The molecule has 0 spiro atoms. The molecule has 0 fully saturated rings. The Morgan fingerprint density at radius 3 is 2.95 bits per heavy atom. The van der Waals surface area contributed by atoms with Crippen molar-refractivity contribution >= 4 is 17.3 Å². The Morgan fingerprint density at radius 1 is 1.52 bits per heavy atom. The lowest BCUT2D eigenvalue weighted by Crippen LogP contribution is -2.36. The summed E-state index contributed by atoms with van der Waals surface area (Å²) < 4.78 is 18.5. The summed E-state index contributed by atoms with van der Waals surface area (Å²) in [5.74, 6) is -0.911. The number of benzene rings is 1. The van der Waals surface area contributed by atoms with Crippen molar-refractivity contribution in [1.82, 2.24) is 4.90 Å². The zero-order valence-corrected chi connectivity index (χ0v) is 11.9. The van der Waals surface area contributed by atoms with Crippen molar-refractivity contribution in [1.29, 1.82) is 5.26 Å². The Bertz CT molecular complexity index is 516. The number of rotatable bonds is 8. The molecule has 0 aliphatic rings. The van der Waals surface area contributed by atoms with Gasteiger partial charge >= 0.3 is 0 Å². The molecule has 1 rings (SSSR count). The molecular weight excluding hydrogens is 275 g/mol. The van der Waals surface area contributed by atoms with Crippen molar-refractivity contribution in [3.8, 4) is 6.07 Å². The fourth-order valence-electron chi connectivity index (χ4n) is 1.73. The maximum absolute atomic E-state index is 13.5. The number of carbonyl (C=O) groups is 1. The fraction of sp³-hybridized carbons (Fsp3) is 0.429. The van der Waals surface area contributed by atoms with Gasteiger partial charge in [-0.25, -0.2) is 4.39 Å². The van der Waals surface area contributed by atoms with Crippen LogP contribution in [0, 0.1) is 17.1 Å². The van der Waals surface area contributed by atoms with Gasteiger partial charge in [0.2, 0.25) is 5.91 Å². The molecule has 0 heterocycles. The Kier molecular flexibility index (Phi) is 7.15. The number of nitrogens with zero attached hydrogens (tertiary/aromatic N) is 2. The van der Waals surface area contributed by atoms with E-state index in [1.54, 1.807) is 12.0 Å². The predicted molar refractivity (Wildman–Crippen MR) is 78.0 cm³/mol. The highest BCUT2D eigenvalue weighted by atomic mass is 19.1. The lowest BCUT2D eigenvalue weighted by Gasteiger charge is -2.20. The molecule has 0 saturated carbocycles. The van der Waals surface area contributed by atoms with Gasteiger partial charge in [-0.2, -0.15) is 5.26 Å². The van der Waals surface area contributed by atoms with Crippen molar-refractivity contribution < 1.29 is 13.9 Å². The minimum atomic E-state index is -0.544. The van der Waals surface area contributed by atoms with Gasteiger partial charge in [0.05, 0.1) is 24.9 Å². The number of nitriles is 1. The summed E-state index contributed by atoms with van der Waals surface area (Å²) in [6.45, 7) is 1.47. The van der Waals surface area contributed by atoms with E-state index < -0.39 is 5.82 Å². The quantitative estimate of drug-likeness (QED) is 0.703. The Labute approximate surface area is 123 Å². The lowest BCUT2D eigenvalue weighted by atomic mass is 10.2. The summed E-state index contributed by atoms with van der Waals surface area (Å²) in [6, 6.07) is 6.00. The molecule has 3 N–H and O–H groups in total. The van der Waals surface area contributed by atoms with Crippen molar-refractivity contribution in [3.05, 3.63) is 24.0 Å². The first kappa shape index (κ1) is 16.9. The maximum atomic E-state index is 13.5. The van der Waals surface area contributed by atoms with Gasteiger partial charge in [0.1, 0.15) is 5.82 Å². The summed E-state index contributed by atoms with van der Waals surface area (Å²) in [6.07, 6.45) is 0.309. The molecular formula is C14H19FN4O2. The lowest BCUT2D eigenvalue weighted by molar-refractivity contribution is -0.117. The van der Waals surface area contributed by atoms with Crippen LogP contribution in [0.3, 0.4) is 0 Å². The number of anilines is 2. The molecule has 0 atom stereocenters. The molecule has 114 valence electrons. The van der Waals surface area contributed by atoms with E-state index in [4.69, 9.17) is 15.7 Å². The van der Waals surface area contributed by atoms with Crippen molar-refractivity contribution in [2.75, 3.05) is 44.4 Å². The van der Waals surface area contributed by atoms with Crippen LogP contribution in [0.5, 0.6) is 0 Å². The molecule has 0 bridgehead atoms.